The Kier molecular flexibility index (Phi) is 5.90. The minimum absolute atomic E-state index is 0.154. The number of hydrogen-bond donors (Lipinski definition) is 0. The molecule has 1 aromatic heterocycles. The van der Waals surface area contributed by atoms with Gasteiger partial charge >= 0.3 is 0 Å². The van der Waals surface area contributed by atoms with E-state index in [-0.39, 0.29) is 5.25 Å². The molecule has 0 aliphatic heterocycles. The van der Waals surface area contributed by atoms with Crippen molar-refractivity contribution in [3.8, 4) is 0 Å². The van der Waals surface area contributed by atoms with E-state index in [1.165, 1.54) is 0 Å². The molecule has 1 heterocycles. The van der Waals surface area contributed by atoms with Crippen molar-refractivity contribution in [3.05, 3.63) is 52.5 Å². The zero-order valence-corrected chi connectivity index (χ0v) is 14.1. The SMILES string of the molecule is CCC(=S)SC(Cn1ccnc1)c1ccc(Cl)cc1Cl. The number of rotatable bonds is 5. The lowest BCUT2D eigenvalue weighted by Crippen LogP contribution is -2.07. The molecule has 0 radical (unpaired) electrons. The van der Waals surface area contributed by atoms with E-state index in [4.69, 9.17) is 35.4 Å². The molecule has 2 nitrogen and oxygen atoms in total. The molecular weight excluding hydrogens is 331 g/mol. The van der Waals surface area contributed by atoms with E-state index in [1.807, 2.05) is 22.9 Å². The zero-order valence-electron chi connectivity index (χ0n) is 10.9. The molecule has 1 atom stereocenters. The smallest absolute Gasteiger partial charge is 0.0946 e. The number of imidazole rings is 1. The molecule has 6 heteroatoms. The lowest BCUT2D eigenvalue weighted by molar-refractivity contribution is 0.685. The maximum Gasteiger partial charge on any atom is 0.0946 e. The minimum atomic E-state index is 0.154. The van der Waals surface area contributed by atoms with Crippen LogP contribution in [-0.4, -0.2) is 13.7 Å². The molecule has 2 rings (SSSR count). The van der Waals surface area contributed by atoms with Crippen LogP contribution >= 0.6 is 47.2 Å². The molecule has 20 heavy (non-hydrogen) atoms. The van der Waals surface area contributed by atoms with Crippen LogP contribution in [0, 0.1) is 0 Å². The van der Waals surface area contributed by atoms with Crippen LogP contribution in [0.3, 0.4) is 0 Å². The topological polar surface area (TPSA) is 17.8 Å². The van der Waals surface area contributed by atoms with Gasteiger partial charge in [0.05, 0.1) is 11.6 Å². The van der Waals surface area contributed by atoms with Crippen LogP contribution in [0.1, 0.15) is 24.2 Å². The summed E-state index contributed by atoms with van der Waals surface area (Å²) in [5, 5.41) is 1.47. The first kappa shape index (κ1) is 15.8. The third kappa shape index (κ3) is 4.22. The van der Waals surface area contributed by atoms with Gasteiger partial charge in [-0.15, -0.1) is 11.8 Å². The highest BCUT2D eigenvalue weighted by molar-refractivity contribution is 8.23. The average molecular weight is 345 g/mol. The summed E-state index contributed by atoms with van der Waals surface area (Å²) < 4.78 is 3.00. The standard InChI is InChI=1S/C14H14Cl2N2S2/c1-2-14(19)20-13(8-18-6-5-17-9-18)11-4-3-10(15)7-12(11)16/h3-7,9,13H,2,8H2,1H3. The van der Waals surface area contributed by atoms with Crippen LogP contribution in [-0.2, 0) is 6.54 Å². The normalized spacial score (nSPS) is 12.3. The first-order valence-corrected chi connectivity index (χ1v) is 8.24. The van der Waals surface area contributed by atoms with Gasteiger partial charge in [-0.2, -0.15) is 0 Å². The molecule has 1 aromatic carbocycles. The van der Waals surface area contributed by atoms with Gasteiger partial charge < -0.3 is 4.57 Å². The first-order chi connectivity index (χ1) is 9.60. The quantitative estimate of drug-likeness (QED) is 0.676. The second kappa shape index (κ2) is 7.46. The Morgan fingerprint density at radius 3 is 2.85 bits per heavy atom. The van der Waals surface area contributed by atoms with Crippen molar-refractivity contribution >= 4 is 51.4 Å². The van der Waals surface area contributed by atoms with E-state index in [2.05, 4.69) is 11.9 Å². The summed E-state index contributed by atoms with van der Waals surface area (Å²) in [5.41, 5.74) is 1.05. The third-order valence-electron chi connectivity index (χ3n) is 2.81. The monoisotopic (exact) mass is 344 g/mol. The number of nitrogens with zero attached hydrogens (tertiary/aromatic N) is 2. The molecule has 106 valence electrons. The van der Waals surface area contributed by atoms with Gasteiger partial charge in [-0.3, -0.25) is 0 Å². The van der Waals surface area contributed by atoms with E-state index >= 15 is 0 Å². The van der Waals surface area contributed by atoms with E-state index in [1.54, 1.807) is 30.4 Å². The second-order valence-electron chi connectivity index (χ2n) is 4.26. The van der Waals surface area contributed by atoms with Crippen molar-refractivity contribution in [2.75, 3.05) is 0 Å². The van der Waals surface area contributed by atoms with Gasteiger partial charge in [-0.25, -0.2) is 4.98 Å². The van der Waals surface area contributed by atoms with Crippen LogP contribution in [0.2, 0.25) is 10.0 Å². The molecule has 0 fully saturated rings. The maximum atomic E-state index is 6.33. The molecule has 0 saturated carbocycles. The van der Waals surface area contributed by atoms with Crippen molar-refractivity contribution in [1.29, 1.82) is 0 Å². The summed E-state index contributed by atoms with van der Waals surface area (Å²) in [6.45, 7) is 2.83. The predicted molar refractivity (Wildman–Crippen MR) is 91.9 cm³/mol. The van der Waals surface area contributed by atoms with E-state index < -0.39 is 0 Å². The Hall–Kier alpha value is -0.550. The van der Waals surface area contributed by atoms with Gasteiger partial charge in [0.2, 0.25) is 0 Å². The van der Waals surface area contributed by atoms with Crippen molar-refractivity contribution < 1.29 is 0 Å². The molecule has 2 aromatic rings. The van der Waals surface area contributed by atoms with Crippen molar-refractivity contribution in [2.24, 2.45) is 0 Å². The Labute approximate surface area is 138 Å². The van der Waals surface area contributed by atoms with Crippen molar-refractivity contribution in [2.45, 2.75) is 25.1 Å². The highest BCUT2D eigenvalue weighted by Gasteiger charge is 2.18. The highest BCUT2D eigenvalue weighted by atomic mass is 35.5. The summed E-state index contributed by atoms with van der Waals surface area (Å²) in [7, 11) is 0. The van der Waals surface area contributed by atoms with Crippen LogP contribution in [0.25, 0.3) is 0 Å². The number of thiocarbonyl (C=S) groups is 1. The van der Waals surface area contributed by atoms with Crippen molar-refractivity contribution in [1.82, 2.24) is 9.55 Å². The average Bonchev–Trinajstić information content (AvgIpc) is 2.91. The first-order valence-electron chi connectivity index (χ1n) is 6.20. The van der Waals surface area contributed by atoms with Gasteiger partial charge in [0, 0.05) is 33.2 Å². The van der Waals surface area contributed by atoms with E-state index in [0.29, 0.717) is 10.0 Å². The summed E-state index contributed by atoms with van der Waals surface area (Å²) >= 11 is 19.3. The zero-order chi connectivity index (χ0) is 14.5. The number of benzene rings is 1. The van der Waals surface area contributed by atoms with Gasteiger partial charge in [-0.1, -0.05) is 48.4 Å². The molecule has 0 N–H and O–H groups in total. The van der Waals surface area contributed by atoms with E-state index in [0.717, 1.165) is 22.7 Å². The third-order valence-corrected chi connectivity index (χ3v) is 5.19. The summed E-state index contributed by atoms with van der Waals surface area (Å²) in [4.78, 5) is 4.07. The minimum Gasteiger partial charge on any atom is -0.336 e. The predicted octanol–water partition coefficient (Wildman–Crippen LogP) is 5.40. The molecule has 0 amide bonds. The molecule has 1 unspecified atom stereocenters. The fraction of sp³-hybridized carbons (Fsp3) is 0.286. The van der Waals surface area contributed by atoms with Crippen molar-refractivity contribution in [3.63, 3.8) is 0 Å². The maximum absolute atomic E-state index is 6.33. The lowest BCUT2D eigenvalue weighted by Gasteiger charge is -2.19. The number of halogens is 2. The Bertz CT molecular complexity index is 585. The Morgan fingerprint density at radius 1 is 1.45 bits per heavy atom. The van der Waals surface area contributed by atoms with Crippen LogP contribution in [0.4, 0.5) is 0 Å². The molecule has 0 bridgehead atoms. The van der Waals surface area contributed by atoms with Gasteiger partial charge in [0.15, 0.2) is 0 Å². The summed E-state index contributed by atoms with van der Waals surface area (Å²) in [6, 6.07) is 5.60. The molecule has 0 spiro atoms. The fourth-order valence-electron chi connectivity index (χ4n) is 1.79. The molecule has 0 saturated heterocycles. The number of hydrogen-bond acceptors (Lipinski definition) is 3. The Balaban J connectivity index is 2.27. The second-order valence-corrected chi connectivity index (χ2v) is 7.15. The van der Waals surface area contributed by atoms with Crippen LogP contribution in [0.5, 0.6) is 0 Å². The summed E-state index contributed by atoms with van der Waals surface area (Å²) in [5.74, 6) is 0. The molecule has 0 aliphatic rings. The number of aromatic nitrogens is 2. The molecular formula is C14H14Cl2N2S2. The number of thioether (sulfide) groups is 1. The Morgan fingerprint density at radius 2 is 2.25 bits per heavy atom. The van der Waals surface area contributed by atoms with Crippen LogP contribution < -0.4 is 0 Å². The van der Waals surface area contributed by atoms with Gasteiger partial charge in [0.25, 0.3) is 0 Å². The van der Waals surface area contributed by atoms with Gasteiger partial charge in [-0.05, 0) is 24.1 Å². The summed E-state index contributed by atoms with van der Waals surface area (Å²) in [6.07, 6.45) is 6.37. The van der Waals surface area contributed by atoms with Gasteiger partial charge in [0.1, 0.15) is 0 Å². The highest BCUT2D eigenvalue weighted by Crippen LogP contribution is 2.37. The fourth-order valence-corrected chi connectivity index (χ4v) is 3.81. The van der Waals surface area contributed by atoms with E-state index in [9.17, 15) is 0 Å². The molecule has 0 aliphatic carbocycles. The lowest BCUT2D eigenvalue weighted by atomic mass is 10.1. The van der Waals surface area contributed by atoms with Crippen LogP contribution in [0.15, 0.2) is 36.9 Å². The largest absolute Gasteiger partial charge is 0.336 e.